The molecule has 0 aliphatic heterocycles. The Hall–Kier alpha value is -2.42. The molecule has 0 spiro atoms. The summed E-state index contributed by atoms with van der Waals surface area (Å²) in [6.45, 7) is -0.850. The third-order valence-corrected chi connectivity index (χ3v) is 2.31. The predicted octanol–water partition coefficient (Wildman–Crippen LogP) is 1.48. The standard InChI is InChI=1S/C11H10F3N5O/c12-5-2-1-3-6(13)8(5)16-11-18-9(7(14)4-20)17-10(15)19-11/h1-3,7,20H,4H2,(H3,15,16,17,18,19). The number of aliphatic hydroxyl groups excluding tert-OH is 1. The minimum absolute atomic E-state index is 0.326. The predicted molar refractivity (Wildman–Crippen MR) is 64.8 cm³/mol. The summed E-state index contributed by atoms with van der Waals surface area (Å²) in [4.78, 5) is 10.7. The molecule has 2 aromatic rings. The lowest BCUT2D eigenvalue weighted by Crippen LogP contribution is -2.11. The first-order valence-corrected chi connectivity index (χ1v) is 5.48. The highest BCUT2D eigenvalue weighted by Crippen LogP contribution is 2.22. The van der Waals surface area contributed by atoms with Gasteiger partial charge in [-0.1, -0.05) is 6.07 Å². The van der Waals surface area contributed by atoms with E-state index in [2.05, 4.69) is 20.3 Å². The molecule has 1 aromatic heterocycles. The van der Waals surface area contributed by atoms with Crippen LogP contribution in [0.4, 0.5) is 30.8 Å². The maximum atomic E-state index is 13.4. The topological polar surface area (TPSA) is 97.0 Å². The van der Waals surface area contributed by atoms with Crippen molar-refractivity contribution < 1.29 is 18.3 Å². The van der Waals surface area contributed by atoms with E-state index >= 15 is 0 Å². The van der Waals surface area contributed by atoms with E-state index in [1.807, 2.05) is 0 Å². The molecule has 4 N–H and O–H groups in total. The molecule has 106 valence electrons. The number of halogens is 3. The van der Waals surface area contributed by atoms with Crippen LogP contribution in [0, 0.1) is 11.6 Å². The summed E-state index contributed by atoms with van der Waals surface area (Å²) in [6.07, 6.45) is -1.87. The molecule has 1 unspecified atom stereocenters. The number of para-hydroxylation sites is 1. The van der Waals surface area contributed by atoms with Crippen molar-refractivity contribution in [3.63, 3.8) is 0 Å². The van der Waals surface area contributed by atoms with Crippen LogP contribution in [0.25, 0.3) is 0 Å². The molecular weight excluding hydrogens is 275 g/mol. The molecule has 0 aliphatic rings. The van der Waals surface area contributed by atoms with Crippen molar-refractivity contribution in [1.29, 1.82) is 0 Å². The molecule has 9 heteroatoms. The van der Waals surface area contributed by atoms with Gasteiger partial charge in [0.1, 0.15) is 17.3 Å². The molecule has 2 rings (SSSR count). The van der Waals surface area contributed by atoms with Crippen LogP contribution in [0.15, 0.2) is 18.2 Å². The number of nitrogen functional groups attached to an aromatic ring is 1. The van der Waals surface area contributed by atoms with Gasteiger partial charge in [0.25, 0.3) is 0 Å². The molecule has 6 nitrogen and oxygen atoms in total. The van der Waals surface area contributed by atoms with Crippen LogP contribution in [0.2, 0.25) is 0 Å². The van der Waals surface area contributed by atoms with E-state index in [0.29, 0.717) is 0 Å². The van der Waals surface area contributed by atoms with Gasteiger partial charge in [-0.25, -0.2) is 13.2 Å². The van der Waals surface area contributed by atoms with E-state index in [1.54, 1.807) is 0 Å². The smallest absolute Gasteiger partial charge is 0.232 e. The summed E-state index contributed by atoms with van der Waals surface area (Å²) in [5.74, 6) is -2.84. The number of hydrogen-bond acceptors (Lipinski definition) is 6. The lowest BCUT2D eigenvalue weighted by molar-refractivity contribution is 0.173. The molecule has 1 aromatic carbocycles. The summed E-state index contributed by atoms with van der Waals surface area (Å²) in [5, 5.41) is 11.0. The van der Waals surface area contributed by atoms with Crippen LogP contribution < -0.4 is 11.1 Å². The zero-order valence-corrected chi connectivity index (χ0v) is 10.0. The molecule has 0 radical (unpaired) electrons. The summed E-state index contributed by atoms with van der Waals surface area (Å²) in [5.41, 5.74) is 4.85. The first kappa shape index (κ1) is 14.0. The molecule has 1 atom stereocenters. The average molecular weight is 285 g/mol. The molecule has 0 aliphatic carbocycles. The number of nitrogens with one attached hydrogen (secondary N) is 1. The Morgan fingerprint density at radius 1 is 1.20 bits per heavy atom. The Bertz CT molecular complexity index is 605. The van der Waals surface area contributed by atoms with Crippen LogP contribution in [0.1, 0.15) is 12.0 Å². The third kappa shape index (κ3) is 2.94. The highest BCUT2D eigenvalue weighted by molar-refractivity contribution is 5.55. The normalized spacial score (nSPS) is 12.2. The Kier molecular flexibility index (Phi) is 3.99. The maximum absolute atomic E-state index is 13.4. The third-order valence-electron chi connectivity index (χ3n) is 2.31. The summed E-state index contributed by atoms with van der Waals surface area (Å²) >= 11 is 0. The number of aromatic nitrogens is 3. The van der Waals surface area contributed by atoms with Crippen LogP contribution in [-0.4, -0.2) is 26.7 Å². The molecule has 0 saturated heterocycles. The van der Waals surface area contributed by atoms with Gasteiger partial charge in [0.2, 0.25) is 11.9 Å². The average Bonchev–Trinajstić information content (AvgIpc) is 2.41. The number of aliphatic hydroxyl groups is 1. The largest absolute Gasteiger partial charge is 0.393 e. The minimum atomic E-state index is -1.87. The van der Waals surface area contributed by atoms with Crippen molar-refractivity contribution in [3.05, 3.63) is 35.7 Å². The van der Waals surface area contributed by atoms with E-state index in [4.69, 9.17) is 10.8 Å². The van der Waals surface area contributed by atoms with Crippen LogP contribution >= 0.6 is 0 Å². The van der Waals surface area contributed by atoms with E-state index < -0.39 is 35.9 Å². The SMILES string of the molecule is Nc1nc(Nc2c(F)cccc2F)nc(C(F)CO)n1. The number of nitrogens with zero attached hydrogens (tertiary/aromatic N) is 3. The van der Waals surface area contributed by atoms with Crippen molar-refractivity contribution in [2.45, 2.75) is 6.17 Å². The number of alkyl halides is 1. The molecular formula is C11H10F3N5O. The Morgan fingerprint density at radius 3 is 2.45 bits per heavy atom. The van der Waals surface area contributed by atoms with Gasteiger partial charge in [-0.3, -0.25) is 0 Å². The van der Waals surface area contributed by atoms with Gasteiger partial charge in [0, 0.05) is 0 Å². The van der Waals surface area contributed by atoms with Crippen molar-refractivity contribution >= 4 is 17.6 Å². The maximum Gasteiger partial charge on any atom is 0.232 e. The van der Waals surface area contributed by atoms with Gasteiger partial charge in [-0.15, -0.1) is 0 Å². The Morgan fingerprint density at radius 2 is 1.85 bits per heavy atom. The fourth-order valence-electron chi connectivity index (χ4n) is 1.42. The highest BCUT2D eigenvalue weighted by atomic mass is 19.1. The molecule has 0 bridgehead atoms. The molecule has 0 fully saturated rings. The second-order valence-electron chi connectivity index (χ2n) is 3.75. The van der Waals surface area contributed by atoms with Crippen molar-refractivity contribution in [1.82, 2.24) is 15.0 Å². The zero-order valence-electron chi connectivity index (χ0n) is 10.0. The number of nitrogens with two attached hydrogens (primary N) is 1. The highest BCUT2D eigenvalue weighted by Gasteiger charge is 2.16. The van der Waals surface area contributed by atoms with Gasteiger partial charge in [0.15, 0.2) is 12.0 Å². The molecule has 20 heavy (non-hydrogen) atoms. The summed E-state index contributed by atoms with van der Waals surface area (Å²) < 4.78 is 40.2. The van der Waals surface area contributed by atoms with Crippen LogP contribution in [0.3, 0.4) is 0 Å². The Labute approximate surface area is 111 Å². The van der Waals surface area contributed by atoms with E-state index in [9.17, 15) is 13.2 Å². The molecule has 0 amide bonds. The van der Waals surface area contributed by atoms with Gasteiger partial charge in [0.05, 0.1) is 6.61 Å². The molecule has 0 saturated carbocycles. The lowest BCUT2D eigenvalue weighted by atomic mass is 10.3. The first-order chi connectivity index (χ1) is 9.51. The second-order valence-corrected chi connectivity index (χ2v) is 3.75. The van der Waals surface area contributed by atoms with Gasteiger partial charge >= 0.3 is 0 Å². The van der Waals surface area contributed by atoms with Crippen molar-refractivity contribution in [3.8, 4) is 0 Å². The van der Waals surface area contributed by atoms with Crippen molar-refractivity contribution in [2.75, 3.05) is 17.7 Å². The fourth-order valence-corrected chi connectivity index (χ4v) is 1.42. The zero-order chi connectivity index (χ0) is 14.7. The van der Waals surface area contributed by atoms with E-state index in [-0.39, 0.29) is 11.9 Å². The van der Waals surface area contributed by atoms with Gasteiger partial charge in [-0.05, 0) is 12.1 Å². The van der Waals surface area contributed by atoms with Crippen LogP contribution in [-0.2, 0) is 0 Å². The lowest BCUT2D eigenvalue weighted by Gasteiger charge is -2.09. The first-order valence-electron chi connectivity index (χ1n) is 5.48. The Balaban J connectivity index is 2.36. The van der Waals surface area contributed by atoms with Crippen molar-refractivity contribution in [2.24, 2.45) is 0 Å². The van der Waals surface area contributed by atoms with Gasteiger partial charge < -0.3 is 16.2 Å². The number of benzene rings is 1. The number of rotatable bonds is 4. The van der Waals surface area contributed by atoms with E-state index in [0.717, 1.165) is 12.1 Å². The number of anilines is 3. The van der Waals surface area contributed by atoms with Gasteiger partial charge in [-0.2, -0.15) is 15.0 Å². The minimum Gasteiger partial charge on any atom is -0.393 e. The quantitative estimate of drug-likeness (QED) is 0.787. The van der Waals surface area contributed by atoms with Crippen LogP contribution in [0.5, 0.6) is 0 Å². The monoisotopic (exact) mass is 285 g/mol. The van der Waals surface area contributed by atoms with E-state index in [1.165, 1.54) is 6.07 Å². The number of hydrogen-bond donors (Lipinski definition) is 3. The summed E-state index contributed by atoms with van der Waals surface area (Å²) in [6, 6.07) is 3.25. The molecule has 1 heterocycles. The second kappa shape index (κ2) is 5.70. The summed E-state index contributed by atoms with van der Waals surface area (Å²) in [7, 11) is 0. The fraction of sp³-hybridized carbons (Fsp3) is 0.182.